The Labute approximate surface area is 140 Å². The summed E-state index contributed by atoms with van der Waals surface area (Å²) in [5, 5.41) is 21.7. The van der Waals surface area contributed by atoms with E-state index in [0.29, 0.717) is 31.3 Å². The highest BCUT2D eigenvalue weighted by Crippen LogP contribution is 2.27. The molecule has 130 valence electrons. The summed E-state index contributed by atoms with van der Waals surface area (Å²) in [7, 11) is 2.01. The minimum Gasteiger partial charge on any atom is -0.476 e. The topological polar surface area (TPSA) is 97.3 Å². The fraction of sp³-hybridized carbons (Fsp3) is 0.625. The predicted octanol–water partition coefficient (Wildman–Crippen LogP) is 1.54. The van der Waals surface area contributed by atoms with E-state index in [1.807, 2.05) is 25.6 Å². The van der Waals surface area contributed by atoms with E-state index in [2.05, 4.69) is 20.2 Å². The van der Waals surface area contributed by atoms with Crippen molar-refractivity contribution >= 4 is 5.97 Å². The normalized spacial score (nSPS) is 17.2. The van der Waals surface area contributed by atoms with Crippen LogP contribution in [0.15, 0.2) is 4.42 Å². The van der Waals surface area contributed by atoms with Crippen molar-refractivity contribution < 1.29 is 14.3 Å². The van der Waals surface area contributed by atoms with Crippen LogP contribution in [0, 0.1) is 0 Å². The summed E-state index contributed by atoms with van der Waals surface area (Å²) >= 11 is 0. The van der Waals surface area contributed by atoms with Crippen LogP contribution in [0.5, 0.6) is 0 Å². The number of aryl methyl sites for hydroxylation is 2. The third kappa shape index (κ3) is 3.06. The number of aromatic nitrogens is 4. The third-order valence-corrected chi connectivity index (χ3v) is 4.64. The summed E-state index contributed by atoms with van der Waals surface area (Å²) in [4.78, 5) is 13.6. The molecule has 0 bridgehead atoms. The van der Waals surface area contributed by atoms with Crippen LogP contribution >= 0.6 is 0 Å². The molecule has 0 saturated heterocycles. The molecule has 0 amide bonds. The summed E-state index contributed by atoms with van der Waals surface area (Å²) in [5.74, 6) is 0.288. The van der Waals surface area contributed by atoms with Gasteiger partial charge in [-0.25, -0.2) is 4.79 Å². The first-order valence-corrected chi connectivity index (χ1v) is 8.36. The van der Waals surface area contributed by atoms with E-state index in [-0.39, 0.29) is 11.7 Å². The molecule has 0 unspecified atom stereocenters. The van der Waals surface area contributed by atoms with E-state index in [9.17, 15) is 9.90 Å². The molecule has 24 heavy (non-hydrogen) atoms. The van der Waals surface area contributed by atoms with E-state index >= 15 is 0 Å². The molecule has 1 aliphatic rings. The molecule has 2 aromatic heterocycles. The number of carboxylic acids is 1. The standard InChI is InChI=1S/C16H23N5O3/c1-4-13-17-18-14(24-13)9-20(3)10-6-7-12-11(8-10)15(16(22)23)19-21(12)5-2/h10H,4-9H2,1-3H3,(H,22,23)/t10-/m1/s1. The Kier molecular flexibility index (Phi) is 4.66. The number of fused-ring (bicyclic) bond motifs is 1. The molecule has 3 rings (SSSR count). The van der Waals surface area contributed by atoms with Crippen LogP contribution in [0.2, 0.25) is 0 Å². The second-order valence-corrected chi connectivity index (χ2v) is 6.15. The zero-order valence-electron chi connectivity index (χ0n) is 14.3. The minimum atomic E-state index is -0.953. The summed E-state index contributed by atoms with van der Waals surface area (Å²) in [6, 6.07) is 0.238. The lowest BCUT2D eigenvalue weighted by atomic mass is 9.90. The maximum Gasteiger partial charge on any atom is 0.356 e. The lowest BCUT2D eigenvalue weighted by Gasteiger charge is -2.30. The van der Waals surface area contributed by atoms with Crippen LogP contribution in [0.1, 0.15) is 53.8 Å². The zero-order valence-corrected chi connectivity index (χ0v) is 14.3. The Morgan fingerprint density at radius 2 is 2.12 bits per heavy atom. The first-order valence-electron chi connectivity index (χ1n) is 8.36. The lowest BCUT2D eigenvalue weighted by molar-refractivity contribution is 0.0687. The van der Waals surface area contributed by atoms with Crippen molar-refractivity contribution in [2.75, 3.05) is 7.05 Å². The highest BCUT2D eigenvalue weighted by Gasteiger charge is 2.30. The first-order chi connectivity index (χ1) is 11.5. The average molecular weight is 333 g/mol. The van der Waals surface area contributed by atoms with Gasteiger partial charge in [0.1, 0.15) is 0 Å². The van der Waals surface area contributed by atoms with Gasteiger partial charge in [0.15, 0.2) is 5.69 Å². The number of hydrogen-bond donors (Lipinski definition) is 1. The molecule has 1 atom stereocenters. The van der Waals surface area contributed by atoms with Crippen LogP contribution in [0.3, 0.4) is 0 Å². The second-order valence-electron chi connectivity index (χ2n) is 6.15. The second kappa shape index (κ2) is 6.72. The number of hydrogen-bond acceptors (Lipinski definition) is 6. The van der Waals surface area contributed by atoms with Gasteiger partial charge in [0.2, 0.25) is 11.8 Å². The van der Waals surface area contributed by atoms with E-state index in [4.69, 9.17) is 4.42 Å². The van der Waals surface area contributed by atoms with E-state index < -0.39 is 5.97 Å². The fourth-order valence-corrected chi connectivity index (χ4v) is 3.32. The molecule has 0 saturated carbocycles. The molecule has 2 aromatic rings. The molecule has 0 aromatic carbocycles. The molecule has 8 heteroatoms. The Hall–Kier alpha value is -2.22. The van der Waals surface area contributed by atoms with Crippen LogP contribution in [-0.4, -0.2) is 49.0 Å². The van der Waals surface area contributed by atoms with E-state index in [1.165, 1.54) is 0 Å². The van der Waals surface area contributed by atoms with E-state index in [1.54, 1.807) is 0 Å². The predicted molar refractivity (Wildman–Crippen MR) is 85.8 cm³/mol. The van der Waals surface area contributed by atoms with Gasteiger partial charge < -0.3 is 9.52 Å². The average Bonchev–Trinajstić information content (AvgIpc) is 3.17. The maximum atomic E-state index is 11.5. The fourth-order valence-electron chi connectivity index (χ4n) is 3.32. The Morgan fingerprint density at radius 1 is 1.38 bits per heavy atom. The zero-order chi connectivity index (χ0) is 17.3. The summed E-state index contributed by atoms with van der Waals surface area (Å²) in [5.41, 5.74) is 2.12. The van der Waals surface area contributed by atoms with Crippen LogP contribution in [-0.2, 0) is 32.4 Å². The van der Waals surface area contributed by atoms with Crippen molar-refractivity contribution in [3.8, 4) is 0 Å². The summed E-state index contributed by atoms with van der Waals surface area (Å²) in [6.07, 6.45) is 3.20. The van der Waals surface area contributed by atoms with Crippen LogP contribution < -0.4 is 0 Å². The number of carboxylic acid groups (broad SMARTS) is 1. The Balaban J connectivity index is 1.76. The van der Waals surface area contributed by atoms with Crippen molar-refractivity contribution in [3.05, 3.63) is 28.7 Å². The number of nitrogens with zero attached hydrogens (tertiary/aromatic N) is 5. The smallest absolute Gasteiger partial charge is 0.356 e. The van der Waals surface area contributed by atoms with Gasteiger partial charge in [0, 0.05) is 30.3 Å². The largest absolute Gasteiger partial charge is 0.476 e. The quantitative estimate of drug-likeness (QED) is 0.856. The number of likely N-dealkylation sites (N-methyl/N-ethyl adjacent to an activating group) is 1. The van der Waals surface area contributed by atoms with Crippen molar-refractivity contribution in [1.29, 1.82) is 0 Å². The third-order valence-electron chi connectivity index (χ3n) is 4.64. The van der Waals surface area contributed by atoms with Gasteiger partial charge in [0.25, 0.3) is 0 Å². The number of aromatic carboxylic acids is 1. The monoisotopic (exact) mass is 333 g/mol. The summed E-state index contributed by atoms with van der Waals surface area (Å²) < 4.78 is 7.39. The highest BCUT2D eigenvalue weighted by atomic mass is 16.4. The van der Waals surface area contributed by atoms with E-state index in [0.717, 1.165) is 30.5 Å². The molecule has 2 heterocycles. The number of rotatable bonds is 6. The van der Waals surface area contributed by atoms with Gasteiger partial charge in [-0.3, -0.25) is 9.58 Å². The molecule has 0 fully saturated rings. The van der Waals surface area contributed by atoms with Crippen LogP contribution in [0.4, 0.5) is 0 Å². The molecule has 1 N–H and O–H groups in total. The van der Waals surface area contributed by atoms with Gasteiger partial charge in [-0.2, -0.15) is 5.10 Å². The Morgan fingerprint density at radius 3 is 2.75 bits per heavy atom. The SMILES string of the molecule is CCc1nnc(CN(C)[C@@H]2CCc3c(c(C(=O)O)nn3CC)C2)o1. The van der Waals surface area contributed by atoms with Crippen molar-refractivity contribution in [2.45, 2.75) is 58.7 Å². The van der Waals surface area contributed by atoms with Crippen molar-refractivity contribution in [1.82, 2.24) is 24.9 Å². The van der Waals surface area contributed by atoms with Gasteiger partial charge in [-0.15, -0.1) is 10.2 Å². The summed E-state index contributed by atoms with van der Waals surface area (Å²) in [6.45, 7) is 5.22. The molecule has 1 aliphatic carbocycles. The number of carbonyl (C=O) groups is 1. The van der Waals surface area contributed by atoms with Crippen molar-refractivity contribution in [3.63, 3.8) is 0 Å². The molecule has 8 nitrogen and oxygen atoms in total. The van der Waals surface area contributed by atoms with Gasteiger partial charge in [0.05, 0.1) is 6.54 Å². The maximum absolute atomic E-state index is 11.5. The minimum absolute atomic E-state index is 0.191. The van der Waals surface area contributed by atoms with Gasteiger partial charge in [-0.1, -0.05) is 6.92 Å². The molecule has 0 spiro atoms. The lowest BCUT2D eigenvalue weighted by Crippen LogP contribution is -2.36. The van der Waals surface area contributed by atoms with Crippen LogP contribution in [0.25, 0.3) is 0 Å². The molecular formula is C16H23N5O3. The molecule has 0 radical (unpaired) electrons. The van der Waals surface area contributed by atoms with Gasteiger partial charge >= 0.3 is 5.97 Å². The van der Waals surface area contributed by atoms with Crippen molar-refractivity contribution in [2.24, 2.45) is 0 Å². The Bertz CT molecular complexity index is 736. The first kappa shape index (κ1) is 16.6. The molecule has 0 aliphatic heterocycles. The highest BCUT2D eigenvalue weighted by molar-refractivity contribution is 5.87. The molecular weight excluding hydrogens is 310 g/mol. The van der Waals surface area contributed by atoms with Gasteiger partial charge in [-0.05, 0) is 33.2 Å².